The highest BCUT2D eigenvalue weighted by molar-refractivity contribution is 6.14. The number of rotatable bonds is 2. The van der Waals surface area contributed by atoms with Crippen LogP contribution in [0.5, 0.6) is 0 Å². The zero-order valence-corrected chi connectivity index (χ0v) is 10.6. The maximum atomic E-state index is 13.7. The molecule has 3 heteroatoms. The first-order chi connectivity index (χ1) is 9.66. The highest BCUT2D eigenvalue weighted by Crippen LogP contribution is 2.24. The number of carbonyl (C=O) groups is 1. The molecule has 0 atom stereocenters. The summed E-state index contributed by atoms with van der Waals surface area (Å²) in [6.07, 6.45) is 0. The van der Waals surface area contributed by atoms with Crippen LogP contribution in [0.4, 0.5) is 10.1 Å². The summed E-state index contributed by atoms with van der Waals surface area (Å²) in [6.45, 7) is 0. The van der Waals surface area contributed by atoms with E-state index in [2.05, 4.69) is 0 Å². The van der Waals surface area contributed by atoms with Crippen LogP contribution in [0.3, 0.4) is 0 Å². The van der Waals surface area contributed by atoms with Gasteiger partial charge in [0.2, 0.25) is 0 Å². The molecule has 0 saturated heterocycles. The molecule has 0 aliphatic carbocycles. The molecule has 0 bridgehead atoms. The zero-order valence-electron chi connectivity index (χ0n) is 10.6. The second-order valence-corrected chi connectivity index (χ2v) is 4.60. The van der Waals surface area contributed by atoms with Crippen LogP contribution in [0, 0.1) is 5.82 Å². The van der Waals surface area contributed by atoms with Crippen LogP contribution in [0.25, 0.3) is 10.8 Å². The number of hydrogen-bond donors (Lipinski definition) is 1. The third-order valence-corrected chi connectivity index (χ3v) is 3.28. The molecule has 3 rings (SSSR count). The predicted molar refractivity (Wildman–Crippen MR) is 78.2 cm³/mol. The summed E-state index contributed by atoms with van der Waals surface area (Å²) in [5.41, 5.74) is 6.65. The van der Waals surface area contributed by atoms with Crippen LogP contribution >= 0.6 is 0 Å². The molecule has 0 heterocycles. The smallest absolute Gasteiger partial charge is 0.198 e. The second-order valence-electron chi connectivity index (χ2n) is 4.60. The van der Waals surface area contributed by atoms with Gasteiger partial charge in [0.25, 0.3) is 0 Å². The van der Waals surface area contributed by atoms with E-state index < -0.39 is 11.6 Å². The predicted octanol–water partition coefficient (Wildman–Crippen LogP) is 3.79. The number of anilines is 1. The molecular formula is C17H12FNO. The van der Waals surface area contributed by atoms with Crippen molar-refractivity contribution in [3.05, 3.63) is 77.6 Å². The van der Waals surface area contributed by atoms with E-state index in [9.17, 15) is 9.18 Å². The summed E-state index contributed by atoms with van der Waals surface area (Å²) < 4.78 is 13.7. The minimum atomic E-state index is -0.537. The van der Waals surface area contributed by atoms with E-state index in [0.29, 0.717) is 11.3 Å². The van der Waals surface area contributed by atoms with Crippen molar-refractivity contribution in [2.45, 2.75) is 0 Å². The molecule has 0 fully saturated rings. The van der Waals surface area contributed by atoms with Crippen molar-refractivity contribution in [1.29, 1.82) is 0 Å². The van der Waals surface area contributed by atoms with Gasteiger partial charge in [-0.15, -0.1) is 0 Å². The summed E-state index contributed by atoms with van der Waals surface area (Å²) in [4.78, 5) is 12.4. The number of nitrogen functional groups attached to an aromatic ring is 1. The average molecular weight is 265 g/mol. The first kappa shape index (κ1) is 12.4. The van der Waals surface area contributed by atoms with Gasteiger partial charge in [0.15, 0.2) is 5.78 Å². The summed E-state index contributed by atoms with van der Waals surface area (Å²) in [5.74, 6) is -0.934. The molecule has 0 unspecified atom stereocenters. The number of halogens is 1. The van der Waals surface area contributed by atoms with Crippen molar-refractivity contribution in [3.63, 3.8) is 0 Å². The normalized spacial score (nSPS) is 10.7. The Hall–Kier alpha value is -2.68. The molecule has 0 saturated carbocycles. The van der Waals surface area contributed by atoms with Crippen molar-refractivity contribution >= 4 is 22.2 Å². The summed E-state index contributed by atoms with van der Waals surface area (Å²) >= 11 is 0. The summed E-state index contributed by atoms with van der Waals surface area (Å²) in [6, 6.07) is 17.0. The van der Waals surface area contributed by atoms with Gasteiger partial charge in [0.1, 0.15) is 5.82 Å². The number of hydrogen-bond acceptors (Lipinski definition) is 2. The van der Waals surface area contributed by atoms with Crippen LogP contribution in [0.15, 0.2) is 60.7 Å². The molecule has 3 aromatic carbocycles. The lowest BCUT2D eigenvalue weighted by Gasteiger charge is -2.08. The fraction of sp³-hybridized carbons (Fsp3) is 0. The lowest BCUT2D eigenvalue weighted by atomic mass is 9.98. The summed E-state index contributed by atoms with van der Waals surface area (Å²) in [7, 11) is 0. The molecule has 0 aliphatic heterocycles. The number of nitrogens with two attached hydrogens (primary N) is 1. The van der Waals surface area contributed by atoms with E-state index >= 15 is 0 Å². The Morgan fingerprint density at radius 1 is 0.850 bits per heavy atom. The van der Waals surface area contributed by atoms with E-state index in [1.165, 1.54) is 12.1 Å². The fourth-order valence-electron chi connectivity index (χ4n) is 2.24. The van der Waals surface area contributed by atoms with Gasteiger partial charge >= 0.3 is 0 Å². The Morgan fingerprint density at radius 2 is 1.45 bits per heavy atom. The topological polar surface area (TPSA) is 43.1 Å². The Kier molecular flexibility index (Phi) is 2.95. The van der Waals surface area contributed by atoms with Gasteiger partial charge in [-0.1, -0.05) is 36.4 Å². The Morgan fingerprint density at radius 3 is 2.15 bits per heavy atom. The fourth-order valence-corrected chi connectivity index (χ4v) is 2.24. The molecule has 0 aliphatic rings. The zero-order chi connectivity index (χ0) is 14.1. The molecule has 2 N–H and O–H groups in total. The maximum Gasteiger partial charge on any atom is 0.198 e. The monoisotopic (exact) mass is 265 g/mol. The quantitative estimate of drug-likeness (QED) is 0.566. The van der Waals surface area contributed by atoms with Crippen molar-refractivity contribution in [1.82, 2.24) is 0 Å². The van der Waals surface area contributed by atoms with E-state index in [1.54, 1.807) is 24.3 Å². The molecule has 0 spiro atoms. The van der Waals surface area contributed by atoms with E-state index in [1.807, 2.05) is 24.3 Å². The van der Waals surface area contributed by atoms with Gasteiger partial charge in [0, 0.05) is 11.3 Å². The largest absolute Gasteiger partial charge is 0.398 e. The molecule has 2 nitrogen and oxygen atoms in total. The average Bonchev–Trinajstić information content (AvgIpc) is 2.46. The Balaban J connectivity index is 2.17. The van der Waals surface area contributed by atoms with E-state index in [0.717, 1.165) is 10.8 Å². The van der Waals surface area contributed by atoms with Gasteiger partial charge in [0.05, 0.1) is 5.56 Å². The van der Waals surface area contributed by atoms with Crippen molar-refractivity contribution in [3.8, 4) is 0 Å². The van der Waals surface area contributed by atoms with Crippen molar-refractivity contribution < 1.29 is 9.18 Å². The van der Waals surface area contributed by atoms with Crippen LogP contribution < -0.4 is 5.73 Å². The Bertz CT molecular complexity index is 811. The number of fused-ring (bicyclic) bond motifs is 1. The third kappa shape index (κ3) is 2.03. The first-order valence-corrected chi connectivity index (χ1v) is 6.24. The van der Waals surface area contributed by atoms with Crippen LogP contribution in [-0.2, 0) is 0 Å². The lowest BCUT2D eigenvalue weighted by molar-refractivity contribution is 0.103. The van der Waals surface area contributed by atoms with Gasteiger partial charge < -0.3 is 5.73 Å². The minimum Gasteiger partial charge on any atom is -0.398 e. The van der Waals surface area contributed by atoms with Crippen LogP contribution in [0.1, 0.15) is 15.9 Å². The van der Waals surface area contributed by atoms with Crippen LogP contribution in [-0.4, -0.2) is 5.78 Å². The lowest BCUT2D eigenvalue weighted by Crippen LogP contribution is -2.07. The number of ketones is 1. The highest BCUT2D eigenvalue weighted by Gasteiger charge is 2.16. The molecule has 0 aromatic heterocycles. The van der Waals surface area contributed by atoms with E-state index in [4.69, 9.17) is 5.73 Å². The Labute approximate surface area is 115 Å². The molecule has 98 valence electrons. The van der Waals surface area contributed by atoms with Gasteiger partial charge in [-0.25, -0.2) is 4.39 Å². The highest BCUT2D eigenvalue weighted by atomic mass is 19.1. The summed E-state index contributed by atoms with van der Waals surface area (Å²) in [5, 5.41) is 1.86. The molecular weight excluding hydrogens is 253 g/mol. The molecule has 3 aromatic rings. The molecule has 0 radical (unpaired) electrons. The second kappa shape index (κ2) is 4.78. The number of benzene rings is 3. The molecule has 20 heavy (non-hydrogen) atoms. The maximum absolute atomic E-state index is 13.7. The molecule has 0 amide bonds. The van der Waals surface area contributed by atoms with Gasteiger partial charge in [-0.3, -0.25) is 4.79 Å². The van der Waals surface area contributed by atoms with Gasteiger partial charge in [-0.2, -0.15) is 0 Å². The van der Waals surface area contributed by atoms with Crippen molar-refractivity contribution in [2.75, 3.05) is 5.73 Å². The van der Waals surface area contributed by atoms with Gasteiger partial charge in [-0.05, 0) is 35.0 Å². The standard InChI is InChI=1S/C17H12FNO/c18-15-8-4-3-7-13(15)17(20)14-9-11-5-1-2-6-12(11)10-16(14)19/h1-10H,19H2. The van der Waals surface area contributed by atoms with E-state index in [-0.39, 0.29) is 5.56 Å². The van der Waals surface area contributed by atoms with Crippen molar-refractivity contribution in [2.24, 2.45) is 0 Å². The number of carbonyl (C=O) groups excluding carboxylic acids is 1. The van der Waals surface area contributed by atoms with Crippen LogP contribution in [0.2, 0.25) is 0 Å². The minimum absolute atomic E-state index is 0.0366. The third-order valence-electron chi connectivity index (χ3n) is 3.28. The first-order valence-electron chi connectivity index (χ1n) is 6.24. The SMILES string of the molecule is Nc1cc2ccccc2cc1C(=O)c1ccccc1F.